The molecule has 7 heteroatoms. The summed E-state index contributed by atoms with van der Waals surface area (Å²) >= 11 is 1.41. The fourth-order valence-electron chi connectivity index (χ4n) is 3.43. The van der Waals surface area contributed by atoms with Gasteiger partial charge in [0, 0.05) is 11.9 Å². The van der Waals surface area contributed by atoms with Gasteiger partial charge in [0.15, 0.2) is 16.7 Å². The molecule has 0 saturated carbocycles. The van der Waals surface area contributed by atoms with Gasteiger partial charge in [-0.25, -0.2) is 4.99 Å². The topological polar surface area (TPSA) is 72.0 Å². The Balaban J connectivity index is 1.24. The maximum absolute atomic E-state index is 12.6. The van der Waals surface area contributed by atoms with Gasteiger partial charge in [-0.15, -0.1) is 0 Å². The van der Waals surface area contributed by atoms with Gasteiger partial charge in [0.05, 0.1) is 16.6 Å². The molecule has 0 saturated heterocycles. The van der Waals surface area contributed by atoms with E-state index in [-0.39, 0.29) is 18.0 Å². The Bertz CT molecular complexity index is 1140. The van der Waals surface area contributed by atoms with Gasteiger partial charge >= 0.3 is 0 Å². The van der Waals surface area contributed by atoms with Gasteiger partial charge in [-0.1, -0.05) is 42.1 Å². The molecule has 0 unspecified atom stereocenters. The zero-order valence-electron chi connectivity index (χ0n) is 15.8. The van der Waals surface area contributed by atoms with Crippen molar-refractivity contribution >= 4 is 45.0 Å². The van der Waals surface area contributed by atoms with Crippen LogP contribution in [-0.2, 0) is 11.3 Å². The highest BCUT2D eigenvalue weighted by molar-refractivity contribution is 8.15. The molecular formula is C22H19N3O3S. The van der Waals surface area contributed by atoms with Gasteiger partial charge in [0.25, 0.3) is 0 Å². The van der Waals surface area contributed by atoms with Gasteiger partial charge in [0.2, 0.25) is 12.7 Å². The average molecular weight is 405 g/mol. The number of carbonyl (C=O) groups is 1. The Labute approximate surface area is 172 Å². The number of hydrogen-bond donors (Lipinski definition) is 2. The molecule has 29 heavy (non-hydrogen) atoms. The largest absolute Gasteiger partial charge is 0.454 e. The molecule has 2 aliphatic heterocycles. The van der Waals surface area contributed by atoms with E-state index in [0.717, 1.165) is 38.6 Å². The maximum atomic E-state index is 12.6. The molecule has 3 aromatic rings. The minimum Gasteiger partial charge on any atom is -0.454 e. The third-order valence-corrected chi connectivity index (χ3v) is 5.89. The molecule has 2 aliphatic rings. The summed E-state index contributed by atoms with van der Waals surface area (Å²) in [4.78, 5) is 17.3. The Morgan fingerprint density at radius 1 is 1.17 bits per heavy atom. The first kappa shape index (κ1) is 17.9. The minimum absolute atomic E-state index is 0.0470. The number of rotatable bonds is 4. The van der Waals surface area contributed by atoms with Crippen LogP contribution in [0.25, 0.3) is 10.8 Å². The molecule has 0 radical (unpaired) electrons. The van der Waals surface area contributed by atoms with Gasteiger partial charge in [0.1, 0.15) is 0 Å². The molecule has 3 aromatic carbocycles. The van der Waals surface area contributed by atoms with Crippen LogP contribution in [0.3, 0.4) is 0 Å². The number of amidine groups is 1. The van der Waals surface area contributed by atoms with Crippen LogP contribution in [-0.4, -0.2) is 23.1 Å². The summed E-state index contributed by atoms with van der Waals surface area (Å²) < 4.78 is 10.7. The van der Waals surface area contributed by atoms with Crippen LogP contribution in [0.1, 0.15) is 12.5 Å². The SMILES string of the molecule is C[C@H](SC1=Nc2cccc3cccc(c23)N1)C(=O)NCc1ccc2c(c1)OCO2. The van der Waals surface area contributed by atoms with Crippen molar-refractivity contribution in [3.05, 3.63) is 60.2 Å². The molecule has 2 N–H and O–H groups in total. The monoisotopic (exact) mass is 405 g/mol. The highest BCUT2D eigenvalue weighted by Gasteiger charge is 2.21. The molecule has 0 fully saturated rings. The predicted molar refractivity (Wildman–Crippen MR) is 116 cm³/mol. The van der Waals surface area contributed by atoms with Crippen molar-refractivity contribution in [1.29, 1.82) is 0 Å². The van der Waals surface area contributed by atoms with Crippen molar-refractivity contribution in [1.82, 2.24) is 5.32 Å². The zero-order chi connectivity index (χ0) is 19.8. The van der Waals surface area contributed by atoms with Crippen LogP contribution >= 0.6 is 11.8 Å². The Morgan fingerprint density at radius 3 is 2.90 bits per heavy atom. The van der Waals surface area contributed by atoms with Crippen LogP contribution in [0.5, 0.6) is 11.5 Å². The second-order valence-electron chi connectivity index (χ2n) is 6.89. The number of amides is 1. The first-order valence-electron chi connectivity index (χ1n) is 9.38. The molecule has 0 aliphatic carbocycles. The number of hydrogen-bond acceptors (Lipinski definition) is 6. The van der Waals surface area contributed by atoms with E-state index in [1.165, 1.54) is 11.8 Å². The summed E-state index contributed by atoms with van der Waals surface area (Å²) in [7, 11) is 0. The normalized spacial score (nSPS) is 14.9. The third-order valence-electron chi connectivity index (χ3n) is 4.91. The molecule has 1 amide bonds. The van der Waals surface area contributed by atoms with E-state index in [2.05, 4.69) is 22.8 Å². The van der Waals surface area contributed by atoms with E-state index in [9.17, 15) is 4.79 Å². The summed E-state index contributed by atoms with van der Waals surface area (Å²) in [6, 6.07) is 17.9. The lowest BCUT2D eigenvalue weighted by Crippen LogP contribution is -2.32. The van der Waals surface area contributed by atoms with Crippen molar-refractivity contribution in [3.8, 4) is 11.5 Å². The fourth-order valence-corrected chi connectivity index (χ4v) is 4.28. The van der Waals surface area contributed by atoms with E-state index < -0.39 is 0 Å². The molecule has 2 heterocycles. The van der Waals surface area contributed by atoms with Crippen molar-refractivity contribution in [3.63, 3.8) is 0 Å². The quantitative estimate of drug-likeness (QED) is 0.672. The minimum atomic E-state index is -0.292. The number of nitrogens with one attached hydrogen (secondary N) is 2. The number of anilines is 1. The number of thioether (sulfide) groups is 1. The van der Waals surface area contributed by atoms with Gasteiger partial charge in [-0.3, -0.25) is 4.79 Å². The summed E-state index contributed by atoms with van der Waals surface area (Å²) in [5.41, 5.74) is 2.91. The van der Waals surface area contributed by atoms with Crippen molar-refractivity contribution in [2.45, 2.75) is 18.7 Å². The molecule has 1 atom stereocenters. The van der Waals surface area contributed by atoms with Gasteiger partial charge in [-0.2, -0.15) is 0 Å². The first-order chi connectivity index (χ1) is 14.2. The van der Waals surface area contributed by atoms with E-state index in [4.69, 9.17) is 14.5 Å². The Hall–Kier alpha value is -3.19. The van der Waals surface area contributed by atoms with Crippen molar-refractivity contribution in [2.24, 2.45) is 4.99 Å². The predicted octanol–water partition coefficient (Wildman–Crippen LogP) is 4.42. The lowest BCUT2D eigenvalue weighted by Gasteiger charge is -2.20. The number of fused-ring (bicyclic) bond motifs is 1. The lowest BCUT2D eigenvalue weighted by atomic mass is 10.1. The molecule has 5 rings (SSSR count). The Morgan fingerprint density at radius 2 is 2.00 bits per heavy atom. The summed E-state index contributed by atoms with van der Waals surface area (Å²) in [5.74, 6) is 1.41. The van der Waals surface area contributed by atoms with E-state index in [0.29, 0.717) is 12.3 Å². The maximum Gasteiger partial charge on any atom is 0.233 e. The molecule has 146 valence electrons. The molecule has 0 aromatic heterocycles. The van der Waals surface area contributed by atoms with Crippen LogP contribution < -0.4 is 20.1 Å². The highest BCUT2D eigenvalue weighted by Crippen LogP contribution is 2.37. The summed E-state index contributed by atoms with van der Waals surface area (Å²) in [6.45, 7) is 2.55. The molecule has 6 nitrogen and oxygen atoms in total. The number of ether oxygens (including phenoxy) is 2. The highest BCUT2D eigenvalue weighted by atomic mass is 32.2. The smallest absolute Gasteiger partial charge is 0.233 e. The number of carbonyl (C=O) groups excluding carboxylic acids is 1. The molecule has 0 spiro atoms. The second kappa shape index (κ2) is 7.33. The van der Waals surface area contributed by atoms with Crippen LogP contribution in [0.15, 0.2) is 59.6 Å². The standard InChI is InChI=1S/C22H19N3O3S/c1-13(21(26)23-11-14-8-9-18-19(10-14)28-12-27-18)29-22-24-16-6-2-4-15-5-3-7-17(25-22)20(15)16/h2-10,13H,11-12H2,1H3,(H,23,26)(H,24,25)/t13-/m0/s1. The lowest BCUT2D eigenvalue weighted by molar-refractivity contribution is -0.120. The summed E-state index contributed by atoms with van der Waals surface area (Å²) in [5, 5.41) is 9.02. The van der Waals surface area contributed by atoms with Crippen LogP contribution in [0.2, 0.25) is 0 Å². The summed E-state index contributed by atoms with van der Waals surface area (Å²) in [6.07, 6.45) is 0. The van der Waals surface area contributed by atoms with E-state index in [1.807, 2.05) is 49.4 Å². The van der Waals surface area contributed by atoms with Crippen LogP contribution in [0.4, 0.5) is 11.4 Å². The second-order valence-corrected chi connectivity index (χ2v) is 8.22. The number of nitrogens with zero attached hydrogens (tertiary/aromatic N) is 1. The average Bonchev–Trinajstić information content (AvgIpc) is 3.20. The van der Waals surface area contributed by atoms with Crippen molar-refractivity contribution < 1.29 is 14.3 Å². The van der Waals surface area contributed by atoms with Gasteiger partial charge in [-0.05, 0) is 42.1 Å². The third kappa shape index (κ3) is 3.49. The van der Waals surface area contributed by atoms with E-state index in [1.54, 1.807) is 0 Å². The van der Waals surface area contributed by atoms with E-state index >= 15 is 0 Å². The number of benzene rings is 3. The fraction of sp³-hybridized carbons (Fsp3) is 0.182. The Kier molecular flexibility index (Phi) is 4.52. The van der Waals surface area contributed by atoms with Crippen LogP contribution in [0, 0.1) is 0 Å². The zero-order valence-corrected chi connectivity index (χ0v) is 16.6. The number of aliphatic imine (C=N–C) groups is 1. The van der Waals surface area contributed by atoms with Gasteiger partial charge < -0.3 is 20.1 Å². The molecule has 0 bridgehead atoms. The molecular weight excluding hydrogens is 386 g/mol. The van der Waals surface area contributed by atoms with Crippen molar-refractivity contribution in [2.75, 3.05) is 12.1 Å². The first-order valence-corrected chi connectivity index (χ1v) is 10.3.